The van der Waals surface area contributed by atoms with Gasteiger partial charge >= 0.3 is 0 Å². The molecule has 0 aliphatic carbocycles. The number of halogens is 1. The van der Waals surface area contributed by atoms with Crippen molar-refractivity contribution in [1.82, 2.24) is 0 Å². The van der Waals surface area contributed by atoms with Crippen molar-refractivity contribution in [3.63, 3.8) is 0 Å². The van der Waals surface area contributed by atoms with Crippen LogP contribution in [-0.2, 0) is 0 Å². The molecule has 0 bridgehead atoms. The molecule has 2 unspecified atom stereocenters. The number of nitrogens with zero attached hydrogens (tertiary/aromatic N) is 1. The summed E-state index contributed by atoms with van der Waals surface area (Å²) < 4.78 is 1.03. The number of rotatable bonds is 6. The van der Waals surface area contributed by atoms with Crippen molar-refractivity contribution >= 4 is 21.6 Å². The lowest BCUT2D eigenvalue weighted by Crippen LogP contribution is -2.37. The molecule has 1 N–H and O–H groups in total. The van der Waals surface area contributed by atoms with Crippen LogP contribution in [0.1, 0.15) is 40.0 Å². The summed E-state index contributed by atoms with van der Waals surface area (Å²) in [6.45, 7) is 6.43. The van der Waals surface area contributed by atoms with Gasteiger partial charge in [-0.25, -0.2) is 0 Å². The summed E-state index contributed by atoms with van der Waals surface area (Å²) in [5.41, 5.74) is 0.534. The first-order valence-corrected chi connectivity index (χ1v) is 7.29. The molecule has 0 saturated carbocycles. The Morgan fingerprint density at radius 2 is 2.17 bits per heavy atom. The first-order chi connectivity index (χ1) is 8.55. The Kier molecular flexibility index (Phi) is 5.68. The molecule has 0 aliphatic rings. The summed E-state index contributed by atoms with van der Waals surface area (Å²) in [5, 5.41) is 12.9. The van der Waals surface area contributed by atoms with Crippen LogP contribution in [0.4, 0.5) is 5.69 Å². The number of benzene rings is 1. The minimum absolute atomic E-state index is 0.462. The largest absolute Gasteiger partial charge is 0.367 e. The summed E-state index contributed by atoms with van der Waals surface area (Å²) >= 11 is 3.46. The fourth-order valence-corrected chi connectivity index (χ4v) is 2.42. The molecule has 98 valence electrons. The molecule has 0 heterocycles. The van der Waals surface area contributed by atoms with Gasteiger partial charge in [0.1, 0.15) is 5.54 Å². The molecule has 2 nitrogen and oxygen atoms in total. The van der Waals surface area contributed by atoms with E-state index in [-0.39, 0.29) is 0 Å². The average molecular weight is 309 g/mol. The number of hydrogen-bond acceptors (Lipinski definition) is 2. The Balaban J connectivity index is 2.89. The maximum Gasteiger partial charge on any atom is 0.125 e. The van der Waals surface area contributed by atoms with Crippen molar-refractivity contribution in [2.24, 2.45) is 5.92 Å². The van der Waals surface area contributed by atoms with Crippen LogP contribution in [0.3, 0.4) is 0 Å². The Morgan fingerprint density at radius 1 is 1.44 bits per heavy atom. The molecule has 0 radical (unpaired) electrons. The third-order valence-corrected chi connectivity index (χ3v) is 3.91. The van der Waals surface area contributed by atoms with Gasteiger partial charge in [-0.2, -0.15) is 5.26 Å². The van der Waals surface area contributed by atoms with E-state index in [0.29, 0.717) is 5.92 Å². The van der Waals surface area contributed by atoms with E-state index in [1.54, 1.807) is 0 Å². The van der Waals surface area contributed by atoms with Gasteiger partial charge in [-0.15, -0.1) is 0 Å². The molecule has 0 spiro atoms. The van der Waals surface area contributed by atoms with Gasteiger partial charge < -0.3 is 5.32 Å². The van der Waals surface area contributed by atoms with E-state index >= 15 is 0 Å². The van der Waals surface area contributed by atoms with Crippen LogP contribution in [-0.4, -0.2) is 5.54 Å². The average Bonchev–Trinajstić information content (AvgIpc) is 2.37. The number of anilines is 1. The van der Waals surface area contributed by atoms with Crippen molar-refractivity contribution in [3.8, 4) is 6.07 Å². The van der Waals surface area contributed by atoms with Crippen LogP contribution in [0, 0.1) is 17.2 Å². The first-order valence-electron chi connectivity index (χ1n) is 6.50. The van der Waals surface area contributed by atoms with Crippen LogP contribution in [0.2, 0.25) is 0 Å². The minimum Gasteiger partial charge on any atom is -0.367 e. The summed E-state index contributed by atoms with van der Waals surface area (Å²) in [6, 6.07) is 10.5. The Bertz CT molecular complexity index is 425. The molecule has 3 heteroatoms. The number of hydrogen-bond donors (Lipinski definition) is 1. The van der Waals surface area contributed by atoms with Gasteiger partial charge in [0.05, 0.1) is 6.07 Å². The highest BCUT2D eigenvalue weighted by atomic mass is 79.9. The third-order valence-electron chi connectivity index (χ3n) is 3.42. The van der Waals surface area contributed by atoms with Crippen molar-refractivity contribution in [2.45, 2.75) is 45.6 Å². The SMILES string of the molecule is CCC(C)CC(C#N)(CC)Nc1cccc(Br)c1. The second kappa shape index (κ2) is 6.80. The molecule has 1 aromatic rings. The van der Waals surface area contributed by atoms with E-state index in [4.69, 9.17) is 0 Å². The second-order valence-electron chi connectivity index (χ2n) is 4.90. The molecular weight excluding hydrogens is 288 g/mol. The van der Waals surface area contributed by atoms with Crippen LogP contribution in [0.25, 0.3) is 0 Å². The smallest absolute Gasteiger partial charge is 0.125 e. The highest BCUT2D eigenvalue weighted by Gasteiger charge is 2.29. The van der Waals surface area contributed by atoms with Gasteiger partial charge in [-0.3, -0.25) is 0 Å². The molecule has 18 heavy (non-hydrogen) atoms. The lowest BCUT2D eigenvalue weighted by Gasteiger charge is -2.30. The fourth-order valence-electron chi connectivity index (χ4n) is 2.02. The van der Waals surface area contributed by atoms with Gasteiger partial charge in [-0.05, 0) is 37.0 Å². The Morgan fingerprint density at radius 3 is 2.67 bits per heavy atom. The maximum absolute atomic E-state index is 9.53. The van der Waals surface area contributed by atoms with E-state index in [1.807, 2.05) is 24.3 Å². The Labute approximate surface area is 119 Å². The van der Waals surface area contributed by atoms with Crippen LogP contribution in [0.5, 0.6) is 0 Å². The summed E-state index contributed by atoms with van der Waals surface area (Å²) in [4.78, 5) is 0. The van der Waals surface area contributed by atoms with E-state index in [1.165, 1.54) is 0 Å². The van der Waals surface area contributed by atoms with Gasteiger partial charge in [0.15, 0.2) is 0 Å². The zero-order valence-electron chi connectivity index (χ0n) is 11.3. The monoisotopic (exact) mass is 308 g/mol. The predicted molar refractivity (Wildman–Crippen MR) is 80.5 cm³/mol. The summed E-state index contributed by atoms with van der Waals surface area (Å²) in [6.07, 6.45) is 2.78. The summed E-state index contributed by atoms with van der Waals surface area (Å²) in [7, 11) is 0. The molecule has 2 atom stereocenters. The van der Waals surface area contributed by atoms with Crippen molar-refractivity contribution in [1.29, 1.82) is 5.26 Å². The Hall–Kier alpha value is -1.01. The molecule has 1 rings (SSSR count). The third kappa shape index (κ3) is 4.03. The van der Waals surface area contributed by atoms with Gasteiger partial charge in [0.2, 0.25) is 0 Å². The minimum atomic E-state index is -0.462. The van der Waals surface area contributed by atoms with E-state index < -0.39 is 5.54 Å². The van der Waals surface area contributed by atoms with Crippen molar-refractivity contribution in [3.05, 3.63) is 28.7 Å². The fraction of sp³-hybridized carbons (Fsp3) is 0.533. The molecule has 0 aromatic heterocycles. The summed E-state index contributed by atoms with van der Waals surface area (Å²) in [5.74, 6) is 0.546. The highest BCUT2D eigenvalue weighted by Crippen LogP contribution is 2.28. The molecule has 0 amide bonds. The van der Waals surface area contributed by atoms with Crippen LogP contribution in [0.15, 0.2) is 28.7 Å². The van der Waals surface area contributed by atoms with Gasteiger partial charge in [0, 0.05) is 10.2 Å². The highest BCUT2D eigenvalue weighted by molar-refractivity contribution is 9.10. The van der Waals surface area contributed by atoms with Crippen molar-refractivity contribution < 1.29 is 0 Å². The molecule has 0 fully saturated rings. The van der Waals surface area contributed by atoms with Gasteiger partial charge in [-0.1, -0.05) is 49.2 Å². The maximum atomic E-state index is 9.53. The molecule has 1 aromatic carbocycles. The molecule has 0 aliphatic heterocycles. The number of nitriles is 1. The normalized spacial score (nSPS) is 15.5. The lowest BCUT2D eigenvalue weighted by molar-refractivity contribution is 0.404. The predicted octanol–water partition coefficient (Wildman–Crippen LogP) is 4.97. The zero-order chi connectivity index (χ0) is 13.6. The van der Waals surface area contributed by atoms with Crippen molar-refractivity contribution in [2.75, 3.05) is 5.32 Å². The van der Waals surface area contributed by atoms with E-state index in [9.17, 15) is 5.26 Å². The zero-order valence-corrected chi connectivity index (χ0v) is 12.9. The molecule has 0 saturated heterocycles. The quantitative estimate of drug-likeness (QED) is 0.805. The van der Waals surface area contributed by atoms with Crippen LogP contribution < -0.4 is 5.32 Å². The molecular formula is C15H21BrN2. The van der Waals surface area contributed by atoms with E-state index in [0.717, 1.165) is 29.4 Å². The van der Waals surface area contributed by atoms with Gasteiger partial charge in [0.25, 0.3) is 0 Å². The van der Waals surface area contributed by atoms with E-state index in [2.05, 4.69) is 48.1 Å². The topological polar surface area (TPSA) is 35.8 Å². The first kappa shape index (κ1) is 15.0. The standard InChI is InChI=1S/C15H21BrN2/c1-4-12(3)10-15(5-2,11-17)18-14-8-6-7-13(16)9-14/h6-9,12,18H,4-5,10H2,1-3H3. The number of nitrogens with one attached hydrogen (secondary N) is 1. The lowest BCUT2D eigenvalue weighted by atomic mass is 9.85. The van der Waals surface area contributed by atoms with Crippen LogP contribution >= 0.6 is 15.9 Å². The second-order valence-corrected chi connectivity index (χ2v) is 5.82.